The molecule has 0 spiro atoms. The number of nitrogens with two attached hydrogens (primary N) is 1. The topological polar surface area (TPSA) is 97.5 Å². The Kier molecular flexibility index (Phi) is 12.4. The van der Waals surface area contributed by atoms with Crippen LogP contribution < -0.4 is 11.1 Å². The SMILES string of the molecule is CCCN(CCC)C(=O)c1cncc(C(=O)O[C@H](CNCc2cccc(CC)c2)[C@@H](N)Cc2cc(F)cc(F)c2)c1. The Bertz CT molecular complexity index is 1280. The molecule has 0 fully saturated rings. The lowest BCUT2D eigenvalue weighted by atomic mass is 10.0. The van der Waals surface area contributed by atoms with Crippen molar-refractivity contribution >= 4 is 11.9 Å². The van der Waals surface area contributed by atoms with Crippen molar-refractivity contribution in [3.8, 4) is 0 Å². The molecule has 0 bridgehead atoms. The largest absolute Gasteiger partial charge is 0.456 e. The zero-order valence-electron chi connectivity index (χ0n) is 24.0. The van der Waals surface area contributed by atoms with Crippen molar-refractivity contribution in [2.75, 3.05) is 19.6 Å². The lowest BCUT2D eigenvalue weighted by Gasteiger charge is -2.25. The number of pyridine rings is 1. The van der Waals surface area contributed by atoms with Crippen LogP contribution in [0.1, 0.15) is 71.0 Å². The molecule has 41 heavy (non-hydrogen) atoms. The van der Waals surface area contributed by atoms with Gasteiger partial charge < -0.3 is 20.7 Å². The molecule has 0 aliphatic carbocycles. The molecule has 0 radical (unpaired) electrons. The number of esters is 1. The monoisotopic (exact) mass is 566 g/mol. The molecule has 3 aromatic rings. The van der Waals surface area contributed by atoms with Crippen molar-refractivity contribution in [2.24, 2.45) is 5.73 Å². The summed E-state index contributed by atoms with van der Waals surface area (Å²) in [7, 11) is 0. The number of halogens is 2. The maximum absolute atomic E-state index is 13.8. The van der Waals surface area contributed by atoms with Gasteiger partial charge in [-0.05, 0) is 60.6 Å². The Morgan fingerprint density at radius 1 is 0.927 bits per heavy atom. The van der Waals surface area contributed by atoms with Gasteiger partial charge in [-0.3, -0.25) is 9.78 Å². The highest BCUT2D eigenvalue weighted by Crippen LogP contribution is 2.15. The van der Waals surface area contributed by atoms with Crippen LogP contribution in [0.2, 0.25) is 0 Å². The zero-order chi connectivity index (χ0) is 29.8. The summed E-state index contributed by atoms with van der Waals surface area (Å²) in [6, 6.07) is 12.1. The number of carbonyl (C=O) groups excluding carboxylic acids is 2. The molecule has 9 heteroatoms. The Hall–Kier alpha value is -3.69. The number of ether oxygens (including phenoxy) is 1. The molecule has 0 unspecified atom stereocenters. The summed E-state index contributed by atoms with van der Waals surface area (Å²) in [5.74, 6) is -2.30. The second-order valence-electron chi connectivity index (χ2n) is 10.1. The van der Waals surface area contributed by atoms with E-state index in [1.165, 1.54) is 36.2 Å². The maximum atomic E-state index is 13.8. The van der Waals surface area contributed by atoms with Gasteiger partial charge in [0, 0.05) is 50.7 Å². The molecule has 0 saturated carbocycles. The van der Waals surface area contributed by atoms with Crippen molar-refractivity contribution in [3.63, 3.8) is 0 Å². The average molecular weight is 567 g/mol. The van der Waals surface area contributed by atoms with E-state index in [0.717, 1.165) is 30.9 Å². The maximum Gasteiger partial charge on any atom is 0.340 e. The standard InChI is InChI=1S/C32H40F2N4O3/c1-4-10-38(11-5-2)31(39)25-16-26(20-37-19-25)32(40)41-30(21-36-18-23-9-7-8-22(6-3)12-23)29(35)15-24-13-27(33)17-28(34)14-24/h7-9,12-14,16-17,19-20,29-30,36H,4-6,10-11,15,18,21,35H2,1-3H3/t29-,30+/m0/s1. The molecule has 7 nitrogen and oxygen atoms in total. The van der Waals surface area contributed by atoms with E-state index in [9.17, 15) is 18.4 Å². The number of amides is 1. The van der Waals surface area contributed by atoms with E-state index in [1.807, 2.05) is 26.0 Å². The van der Waals surface area contributed by atoms with E-state index < -0.39 is 29.7 Å². The van der Waals surface area contributed by atoms with E-state index >= 15 is 0 Å². The number of hydrogen-bond acceptors (Lipinski definition) is 6. The van der Waals surface area contributed by atoms with Crippen LogP contribution in [0, 0.1) is 11.6 Å². The van der Waals surface area contributed by atoms with Gasteiger partial charge in [0.05, 0.1) is 11.1 Å². The summed E-state index contributed by atoms with van der Waals surface area (Å²) < 4.78 is 33.4. The summed E-state index contributed by atoms with van der Waals surface area (Å²) in [6.07, 6.45) is 4.56. The van der Waals surface area contributed by atoms with Crippen LogP contribution in [0.25, 0.3) is 0 Å². The Balaban J connectivity index is 1.77. The minimum atomic E-state index is -0.834. The van der Waals surface area contributed by atoms with Gasteiger partial charge >= 0.3 is 5.97 Å². The van der Waals surface area contributed by atoms with E-state index in [4.69, 9.17) is 10.5 Å². The van der Waals surface area contributed by atoms with Gasteiger partial charge in [-0.2, -0.15) is 0 Å². The fourth-order valence-corrected chi connectivity index (χ4v) is 4.64. The summed E-state index contributed by atoms with van der Waals surface area (Å²) in [6.45, 7) is 8.00. The highest BCUT2D eigenvalue weighted by Gasteiger charge is 2.25. The third-order valence-corrected chi connectivity index (χ3v) is 6.70. The first-order valence-electron chi connectivity index (χ1n) is 14.2. The first kappa shape index (κ1) is 31.8. The van der Waals surface area contributed by atoms with Gasteiger partial charge in [0.25, 0.3) is 5.91 Å². The van der Waals surface area contributed by atoms with Crippen molar-refractivity contribution in [1.29, 1.82) is 0 Å². The number of aryl methyl sites for hydroxylation is 1. The number of benzene rings is 2. The van der Waals surface area contributed by atoms with Crippen LogP contribution in [0.15, 0.2) is 60.9 Å². The van der Waals surface area contributed by atoms with Crippen LogP contribution >= 0.6 is 0 Å². The molecule has 220 valence electrons. The lowest BCUT2D eigenvalue weighted by Crippen LogP contribution is -2.46. The van der Waals surface area contributed by atoms with Crippen molar-refractivity contribution in [2.45, 2.75) is 65.1 Å². The van der Waals surface area contributed by atoms with Crippen LogP contribution in [0.5, 0.6) is 0 Å². The zero-order valence-corrected chi connectivity index (χ0v) is 24.0. The summed E-state index contributed by atoms with van der Waals surface area (Å²) in [4.78, 5) is 32.1. The quantitative estimate of drug-likeness (QED) is 0.249. The minimum absolute atomic E-state index is 0.0827. The second-order valence-corrected chi connectivity index (χ2v) is 10.1. The molecule has 2 atom stereocenters. The molecule has 0 saturated heterocycles. The predicted octanol–water partition coefficient (Wildman–Crippen LogP) is 5.07. The van der Waals surface area contributed by atoms with Crippen LogP contribution in [-0.4, -0.2) is 53.5 Å². The molecule has 1 amide bonds. The first-order chi connectivity index (χ1) is 19.7. The number of nitrogens with one attached hydrogen (secondary N) is 1. The Labute approximate surface area is 241 Å². The Morgan fingerprint density at radius 2 is 1.59 bits per heavy atom. The molecule has 1 aromatic heterocycles. The van der Waals surface area contributed by atoms with E-state index in [2.05, 4.69) is 29.4 Å². The fraction of sp³-hybridized carbons (Fsp3) is 0.406. The average Bonchev–Trinajstić information content (AvgIpc) is 2.95. The second kappa shape index (κ2) is 15.9. The third kappa shape index (κ3) is 9.72. The third-order valence-electron chi connectivity index (χ3n) is 6.70. The van der Waals surface area contributed by atoms with Crippen LogP contribution in [-0.2, 0) is 24.1 Å². The lowest BCUT2D eigenvalue weighted by molar-refractivity contribution is 0.0237. The van der Waals surface area contributed by atoms with E-state index in [0.29, 0.717) is 30.8 Å². The summed E-state index contributed by atoms with van der Waals surface area (Å²) >= 11 is 0. The minimum Gasteiger partial charge on any atom is -0.456 e. The number of carbonyl (C=O) groups is 2. The van der Waals surface area contributed by atoms with Gasteiger partial charge in [-0.25, -0.2) is 13.6 Å². The molecule has 2 aromatic carbocycles. The predicted molar refractivity (Wildman–Crippen MR) is 155 cm³/mol. The number of aromatic nitrogens is 1. The van der Waals surface area contributed by atoms with Gasteiger partial charge in [-0.15, -0.1) is 0 Å². The summed E-state index contributed by atoms with van der Waals surface area (Å²) in [5, 5.41) is 3.29. The first-order valence-corrected chi connectivity index (χ1v) is 14.2. The van der Waals surface area contributed by atoms with Crippen molar-refractivity contribution < 1.29 is 23.1 Å². The fourth-order valence-electron chi connectivity index (χ4n) is 4.64. The van der Waals surface area contributed by atoms with Crippen LogP contribution in [0.4, 0.5) is 8.78 Å². The van der Waals surface area contributed by atoms with E-state index in [1.54, 1.807) is 4.90 Å². The van der Waals surface area contributed by atoms with Gasteiger partial charge in [0.2, 0.25) is 0 Å². The molecule has 3 N–H and O–H groups in total. The van der Waals surface area contributed by atoms with Crippen molar-refractivity contribution in [1.82, 2.24) is 15.2 Å². The molecule has 3 rings (SSSR count). The smallest absolute Gasteiger partial charge is 0.340 e. The highest BCUT2D eigenvalue weighted by molar-refractivity contribution is 5.97. The molecular weight excluding hydrogens is 526 g/mol. The van der Waals surface area contributed by atoms with Gasteiger partial charge in [0.15, 0.2) is 0 Å². The summed E-state index contributed by atoms with van der Waals surface area (Å²) in [5.41, 5.74) is 9.49. The Morgan fingerprint density at radius 3 is 2.24 bits per heavy atom. The molecular formula is C32H40F2N4O3. The number of rotatable bonds is 15. The normalized spacial score (nSPS) is 12.5. The molecule has 1 heterocycles. The van der Waals surface area contributed by atoms with E-state index in [-0.39, 0.29) is 24.4 Å². The van der Waals surface area contributed by atoms with Gasteiger partial charge in [-0.1, -0.05) is 45.0 Å². The highest BCUT2D eigenvalue weighted by atomic mass is 19.1. The van der Waals surface area contributed by atoms with Crippen LogP contribution in [0.3, 0.4) is 0 Å². The molecule has 0 aliphatic heterocycles. The van der Waals surface area contributed by atoms with Crippen molar-refractivity contribution in [3.05, 3.63) is 100 Å². The molecule has 0 aliphatic rings. The number of nitrogens with zero attached hydrogens (tertiary/aromatic N) is 2. The van der Waals surface area contributed by atoms with Gasteiger partial charge in [0.1, 0.15) is 17.7 Å². The number of hydrogen-bond donors (Lipinski definition) is 2.